The Balaban J connectivity index is 2.08. The zero-order chi connectivity index (χ0) is 26.5. The summed E-state index contributed by atoms with van der Waals surface area (Å²) in [5, 5.41) is 11.1. The average Bonchev–Trinajstić information content (AvgIpc) is 2.83. The van der Waals surface area contributed by atoms with E-state index in [1.807, 2.05) is 58.0 Å². The molecular weight excluding hydrogens is 498 g/mol. The average molecular weight is 528 g/mol. The van der Waals surface area contributed by atoms with Gasteiger partial charge in [0.2, 0.25) is 10.0 Å². The molecule has 0 fully saturated rings. The summed E-state index contributed by atoms with van der Waals surface area (Å²) in [6.45, 7) is 7.29. The van der Waals surface area contributed by atoms with Crippen LogP contribution in [0.3, 0.4) is 0 Å². The van der Waals surface area contributed by atoms with Gasteiger partial charge in [-0.25, -0.2) is 17.3 Å². The number of nitrogens with zero attached hydrogens (tertiary/aromatic N) is 2. The first-order chi connectivity index (χ1) is 16.9. The van der Waals surface area contributed by atoms with Crippen molar-refractivity contribution in [2.24, 2.45) is 4.40 Å². The number of sulfonamides is 1. The Morgan fingerprint density at radius 3 is 2.11 bits per heavy atom. The number of benzene rings is 3. The van der Waals surface area contributed by atoms with Crippen molar-refractivity contribution >= 4 is 32.4 Å². The molecule has 3 aromatic carbocycles. The minimum atomic E-state index is -3.95. The Hall–Kier alpha value is -3.21. The minimum Gasteiger partial charge on any atom is -0.258 e. The monoisotopic (exact) mass is 527 g/mol. The lowest BCUT2D eigenvalue weighted by molar-refractivity contribution is -0.384. The Labute approximate surface area is 214 Å². The third-order valence-electron chi connectivity index (χ3n) is 5.36. The number of non-ortho nitro benzene ring substituents is 1. The van der Waals surface area contributed by atoms with E-state index < -0.39 is 36.7 Å². The van der Waals surface area contributed by atoms with Crippen molar-refractivity contribution in [1.82, 2.24) is 4.72 Å². The zero-order valence-corrected chi connectivity index (χ0v) is 22.2. The highest BCUT2D eigenvalue weighted by Crippen LogP contribution is 2.26. The molecule has 0 amide bonds. The maximum absolute atomic E-state index is 13.3. The number of aryl methyl sites for hydroxylation is 1. The molecule has 0 unspecified atom stereocenters. The van der Waals surface area contributed by atoms with Crippen LogP contribution in [0.4, 0.5) is 5.69 Å². The van der Waals surface area contributed by atoms with Crippen LogP contribution >= 0.6 is 0 Å². The normalized spacial score (nSPS) is 14.3. The van der Waals surface area contributed by atoms with Crippen LogP contribution in [0.25, 0.3) is 0 Å². The van der Waals surface area contributed by atoms with Crippen molar-refractivity contribution in [3.8, 4) is 0 Å². The predicted molar refractivity (Wildman–Crippen MR) is 143 cm³/mol. The predicted octanol–water partition coefficient (Wildman–Crippen LogP) is 5.26. The SMILES string of the molecule is Cc1ccc(S(=O)(=O)N[C@@H](C/C(=N\[S@](=O)C(C)(C)C)c2ccccc2)c2ccc([N+](=O)[O-])cc2)cc1. The Bertz CT molecular complexity index is 1360. The van der Waals surface area contributed by atoms with Crippen LogP contribution in [0.2, 0.25) is 0 Å². The summed E-state index contributed by atoms with van der Waals surface area (Å²) < 4.78 is 46.1. The summed E-state index contributed by atoms with van der Waals surface area (Å²) in [7, 11) is -5.54. The second-order valence-corrected chi connectivity index (χ2v) is 12.9. The molecule has 0 saturated carbocycles. The zero-order valence-electron chi connectivity index (χ0n) is 20.5. The van der Waals surface area contributed by atoms with E-state index in [-0.39, 0.29) is 17.0 Å². The third kappa shape index (κ3) is 7.16. The first-order valence-electron chi connectivity index (χ1n) is 11.2. The van der Waals surface area contributed by atoms with Gasteiger partial charge in [-0.2, -0.15) is 4.40 Å². The fraction of sp³-hybridized carbons (Fsp3) is 0.269. The highest BCUT2D eigenvalue weighted by Gasteiger charge is 2.26. The molecule has 0 saturated heterocycles. The molecule has 1 N–H and O–H groups in total. The van der Waals surface area contributed by atoms with Gasteiger partial charge in [-0.15, -0.1) is 0 Å². The van der Waals surface area contributed by atoms with E-state index in [0.717, 1.165) is 5.56 Å². The fourth-order valence-corrected chi connectivity index (χ4v) is 5.18. The summed E-state index contributed by atoms with van der Waals surface area (Å²) in [6.07, 6.45) is 0.0781. The van der Waals surface area contributed by atoms with Crippen molar-refractivity contribution in [3.63, 3.8) is 0 Å². The van der Waals surface area contributed by atoms with Gasteiger partial charge in [-0.3, -0.25) is 10.1 Å². The molecule has 36 heavy (non-hydrogen) atoms. The van der Waals surface area contributed by atoms with Crippen molar-refractivity contribution in [3.05, 3.63) is 106 Å². The smallest absolute Gasteiger partial charge is 0.258 e. The minimum absolute atomic E-state index is 0.0781. The molecule has 190 valence electrons. The number of nitrogens with one attached hydrogen (secondary N) is 1. The van der Waals surface area contributed by atoms with Gasteiger partial charge < -0.3 is 0 Å². The second-order valence-electron chi connectivity index (χ2n) is 9.31. The maximum Gasteiger partial charge on any atom is 0.269 e. The summed E-state index contributed by atoms with van der Waals surface area (Å²) >= 11 is 0. The maximum atomic E-state index is 13.3. The first-order valence-corrected chi connectivity index (χ1v) is 13.8. The number of nitro benzene ring substituents is 1. The lowest BCUT2D eigenvalue weighted by Gasteiger charge is -2.22. The molecule has 0 bridgehead atoms. The lowest BCUT2D eigenvalue weighted by atomic mass is 9.98. The van der Waals surface area contributed by atoms with Crippen molar-refractivity contribution in [1.29, 1.82) is 0 Å². The molecule has 0 radical (unpaired) electrons. The van der Waals surface area contributed by atoms with Gasteiger partial charge in [0.05, 0.1) is 26.3 Å². The fourth-order valence-electron chi connectivity index (χ4n) is 3.30. The summed E-state index contributed by atoms with van der Waals surface area (Å²) in [5.41, 5.74) is 2.49. The number of hydrogen-bond acceptors (Lipinski definition) is 5. The van der Waals surface area contributed by atoms with Crippen LogP contribution in [0.5, 0.6) is 0 Å². The molecule has 0 aliphatic carbocycles. The van der Waals surface area contributed by atoms with Gasteiger partial charge in [-0.1, -0.05) is 60.2 Å². The number of hydrogen-bond donors (Lipinski definition) is 1. The first kappa shape index (κ1) is 27.4. The van der Waals surface area contributed by atoms with Crippen LogP contribution in [0, 0.1) is 17.0 Å². The molecular formula is C26H29N3O5S2. The van der Waals surface area contributed by atoms with Crippen LogP contribution in [-0.4, -0.2) is 28.0 Å². The second kappa shape index (κ2) is 11.2. The van der Waals surface area contributed by atoms with E-state index >= 15 is 0 Å². The molecule has 0 aliphatic heterocycles. The van der Waals surface area contributed by atoms with Gasteiger partial charge in [-0.05, 0) is 51.0 Å². The largest absolute Gasteiger partial charge is 0.269 e. The van der Waals surface area contributed by atoms with E-state index in [0.29, 0.717) is 16.8 Å². The van der Waals surface area contributed by atoms with Crippen molar-refractivity contribution in [2.75, 3.05) is 0 Å². The number of rotatable bonds is 9. The van der Waals surface area contributed by atoms with E-state index in [1.54, 1.807) is 12.1 Å². The van der Waals surface area contributed by atoms with Crippen molar-refractivity contribution < 1.29 is 17.6 Å². The molecule has 0 aromatic heterocycles. The van der Waals surface area contributed by atoms with Crippen LogP contribution in [0.1, 0.15) is 49.9 Å². The van der Waals surface area contributed by atoms with Gasteiger partial charge in [0.25, 0.3) is 5.69 Å². The molecule has 0 heterocycles. The molecule has 3 aromatic rings. The van der Waals surface area contributed by atoms with E-state index in [9.17, 15) is 22.7 Å². The molecule has 8 nitrogen and oxygen atoms in total. The molecule has 10 heteroatoms. The Morgan fingerprint density at radius 2 is 1.58 bits per heavy atom. The lowest BCUT2D eigenvalue weighted by Crippen LogP contribution is -2.31. The van der Waals surface area contributed by atoms with Gasteiger partial charge in [0.15, 0.2) is 0 Å². The summed E-state index contributed by atoms with van der Waals surface area (Å²) in [4.78, 5) is 10.7. The molecule has 0 spiro atoms. The summed E-state index contributed by atoms with van der Waals surface area (Å²) in [5.74, 6) is 0. The Kier molecular flexibility index (Phi) is 8.55. The van der Waals surface area contributed by atoms with E-state index in [2.05, 4.69) is 9.12 Å². The third-order valence-corrected chi connectivity index (χ3v) is 8.28. The molecule has 2 atom stereocenters. The van der Waals surface area contributed by atoms with Gasteiger partial charge in [0, 0.05) is 18.6 Å². The highest BCUT2D eigenvalue weighted by molar-refractivity contribution is 7.89. The van der Waals surface area contributed by atoms with Crippen LogP contribution < -0.4 is 4.72 Å². The molecule has 3 rings (SSSR count). The van der Waals surface area contributed by atoms with Gasteiger partial charge >= 0.3 is 0 Å². The molecule has 0 aliphatic rings. The quantitative estimate of drug-likeness (QED) is 0.231. The van der Waals surface area contributed by atoms with Gasteiger partial charge in [0.1, 0.15) is 11.0 Å². The highest BCUT2D eigenvalue weighted by atomic mass is 32.2. The topological polar surface area (TPSA) is 119 Å². The summed E-state index contributed by atoms with van der Waals surface area (Å²) in [6, 6.07) is 20.4. The van der Waals surface area contributed by atoms with Crippen molar-refractivity contribution in [2.45, 2.75) is 49.8 Å². The van der Waals surface area contributed by atoms with E-state index in [4.69, 9.17) is 0 Å². The van der Waals surface area contributed by atoms with Crippen LogP contribution in [0.15, 0.2) is 88.2 Å². The van der Waals surface area contributed by atoms with Crippen LogP contribution in [-0.2, 0) is 21.0 Å². The van der Waals surface area contributed by atoms with E-state index in [1.165, 1.54) is 36.4 Å². The number of nitro groups is 1. The standard InChI is InChI=1S/C26H29N3O5S2/c1-19-10-16-23(17-11-19)36(33,34)28-25(21-12-14-22(15-13-21)29(30)31)18-24(20-8-6-5-7-9-20)27-35(32)26(2,3)4/h5-17,25,28H,18H2,1-4H3/b27-24+/t25-,35+/m0/s1. The Morgan fingerprint density at radius 1 is 1.00 bits per heavy atom.